The third-order valence-corrected chi connectivity index (χ3v) is 2.74. The molecule has 0 fully saturated rings. The van der Waals surface area contributed by atoms with Crippen LogP contribution in [0.25, 0.3) is 0 Å². The van der Waals surface area contributed by atoms with Crippen LogP contribution in [0.3, 0.4) is 0 Å². The molecule has 1 rings (SSSR count). The molecule has 0 aliphatic carbocycles. The minimum atomic E-state index is 0.0127. The lowest BCUT2D eigenvalue weighted by atomic mass is 10.2. The highest BCUT2D eigenvalue weighted by molar-refractivity contribution is 7.10. The fraction of sp³-hybridized carbons (Fsp3) is 0.500. The summed E-state index contributed by atoms with van der Waals surface area (Å²) in [7, 11) is 0. The van der Waals surface area contributed by atoms with Crippen LogP contribution in [-0.2, 0) is 0 Å². The van der Waals surface area contributed by atoms with Gasteiger partial charge in [-0.2, -0.15) is 0 Å². The van der Waals surface area contributed by atoms with Crippen LogP contribution in [0.2, 0.25) is 0 Å². The van der Waals surface area contributed by atoms with Gasteiger partial charge in [-0.25, -0.2) is 0 Å². The van der Waals surface area contributed by atoms with Crippen LogP contribution in [0.5, 0.6) is 0 Å². The summed E-state index contributed by atoms with van der Waals surface area (Å²) in [5, 5.41) is 10.7. The quantitative estimate of drug-likeness (QED) is 0.723. The Bertz CT molecular complexity index is 222. The fourth-order valence-electron chi connectivity index (χ4n) is 0.929. The van der Waals surface area contributed by atoms with Crippen LogP contribution in [0.4, 0.5) is 0 Å². The zero-order valence-corrected chi connectivity index (χ0v) is 7.40. The summed E-state index contributed by atoms with van der Waals surface area (Å²) in [4.78, 5) is 1.16. The summed E-state index contributed by atoms with van der Waals surface area (Å²) in [6.45, 7) is 2.21. The Hall–Kier alpha value is -0.380. The first-order valence-electron chi connectivity index (χ1n) is 3.65. The van der Waals surface area contributed by atoms with Crippen LogP contribution in [0, 0.1) is 6.92 Å². The molecule has 11 heavy (non-hydrogen) atoms. The van der Waals surface area contributed by atoms with Crippen molar-refractivity contribution in [3.8, 4) is 0 Å². The standard InChI is InChI=1S/C8H13NOS/c1-6-4-8(11-5-6)7(9)2-3-10/h4-5,7,10H,2-3,9H2,1H3/t7-/m0/s1. The average Bonchev–Trinajstić information content (AvgIpc) is 2.36. The Balaban J connectivity index is 2.60. The fourth-order valence-corrected chi connectivity index (χ4v) is 1.87. The molecule has 0 aliphatic heterocycles. The second-order valence-electron chi connectivity index (χ2n) is 2.65. The highest BCUT2D eigenvalue weighted by atomic mass is 32.1. The van der Waals surface area contributed by atoms with Crippen molar-refractivity contribution in [2.75, 3.05) is 6.61 Å². The largest absolute Gasteiger partial charge is 0.396 e. The molecule has 0 aromatic carbocycles. The van der Waals surface area contributed by atoms with Crippen molar-refractivity contribution in [2.45, 2.75) is 19.4 Å². The molecule has 62 valence electrons. The Morgan fingerprint density at radius 1 is 1.73 bits per heavy atom. The van der Waals surface area contributed by atoms with Crippen LogP contribution in [-0.4, -0.2) is 11.7 Å². The van der Waals surface area contributed by atoms with Gasteiger partial charge in [-0.3, -0.25) is 0 Å². The van der Waals surface area contributed by atoms with E-state index in [0.29, 0.717) is 6.42 Å². The number of thiophene rings is 1. The summed E-state index contributed by atoms with van der Waals surface area (Å²) in [6, 6.07) is 2.09. The second-order valence-corrected chi connectivity index (χ2v) is 3.59. The van der Waals surface area contributed by atoms with Gasteiger partial charge in [0.15, 0.2) is 0 Å². The van der Waals surface area contributed by atoms with Gasteiger partial charge in [0.25, 0.3) is 0 Å². The molecule has 0 spiro atoms. The van der Waals surface area contributed by atoms with E-state index >= 15 is 0 Å². The van der Waals surface area contributed by atoms with Gasteiger partial charge in [-0.05, 0) is 30.4 Å². The minimum Gasteiger partial charge on any atom is -0.396 e. The zero-order valence-electron chi connectivity index (χ0n) is 6.58. The molecule has 1 aromatic heterocycles. The van der Waals surface area contributed by atoms with E-state index in [1.165, 1.54) is 5.56 Å². The number of aliphatic hydroxyl groups is 1. The van der Waals surface area contributed by atoms with Crippen molar-refractivity contribution < 1.29 is 5.11 Å². The Morgan fingerprint density at radius 2 is 2.45 bits per heavy atom. The van der Waals surface area contributed by atoms with Crippen LogP contribution in [0.1, 0.15) is 22.9 Å². The van der Waals surface area contributed by atoms with Crippen molar-refractivity contribution in [3.63, 3.8) is 0 Å². The van der Waals surface area contributed by atoms with Gasteiger partial charge < -0.3 is 10.8 Å². The van der Waals surface area contributed by atoms with Gasteiger partial charge in [0, 0.05) is 17.5 Å². The van der Waals surface area contributed by atoms with Crippen LogP contribution >= 0.6 is 11.3 Å². The van der Waals surface area contributed by atoms with Crippen LogP contribution in [0.15, 0.2) is 11.4 Å². The molecule has 0 saturated carbocycles. The molecule has 1 aromatic rings. The third kappa shape index (κ3) is 2.29. The molecule has 3 heteroatoms. The number of hydrogen-bond acceptors (Lipinski definition) is 3. The molecule has 0 aliphatic rings. The maximum Gasteiger partial charge on any atom is 0.0449 e. The van der Waals surface area contributed by atoms with E-state index in [4.69, 9.17) is 10.8 Å². The number of aliphatic hydroxyl groups excluding tert-OH is 1. The first-order chi connectivity index (χ1) is 5.24. The number of nitrogens with two attached hydrogens (primary N) is 1. The van der Waals surface area contributed by atoms with Crippen molar-refractivity contribution in [1.82, 2.24) is 0 Å². The molecule has 1 atom stereocenters. The Kier molecular flexibility index (Phi) is 3.05. The van der Waals surface area contributed by atoms with E-state index in [1.54, 1.807) is 11.3 Å². The summed E-state index contributed by atoms with van der Waals surface area (Å²) in [5.41, 5.74) is 7.02. The smallest absolute Gasteiger partial charge is 0.0449 e. The number of rotatable bonds is 3. The molecule has 1 heterocycles. The van der Waals surface area contributed by atoms with Gasteiger partial charge in [-0.15, -0.1) is 11.3 Å². The molecule has 0 amide bonds. The summed E-state index contributed by atoms with van der Waals surface area (Å²) >= 11 is 1.66. The molecule has 0 bridgehead atoms. The highest BCUT2D eigenvalue weighted by Gasteiger charge is 2.06. The lowest BCUT2D eigenvalue weighted by Crippen LogP contribution is -2.09. The van der Waals surface area contributed by atoms with Gasteiger partial charge in [0.2, 0.25) is 0 Å². The zero-order chi connectivity index (χ0) is 8.27. The second kappa shape index (κ2) is 3.85. The molecular formula is C8H13NOS. The lowest BCUT2D eigenvalue weighted by Gasteiger charge is -2.05. The lowest BCUT2D eigenvalue weighted by molar-refractivity contribution is 0.277. The molecule has 0 unspecified atom stereocenters. The van der Waals surface area contributed by atoms with E-state index < -0.39 is 0 Å². The van der Waals surface area contributed by atoms with Gasteiger partial charge in [-0.1, -0.05) is 0 Å². The van der Waals surface area contributed by atoms with Crippen molar-refractivity contribution in [3.05, 3.63) is 21.9 Å². The molecule has 0 radical (unpaired) electrons. The normalized spacial score (nSPS) is 13.4. The van der Waals surface area contributed by atoms with Crippen molar-refractivity contribution in [2.24, 2.45) is 5.73 Å². The molecule has 0 saturated heterocycles. The van der Waals surface area contributed by atoms with E-state index in [1.807, 2.05) is 6.92 Å². The van der Waals surface area contributed by atoms with Crippen LogP contribution < -0.4 is 5.73 Å². The molecule has 3 N–H and O–H groups in total. The summed E-state index contributed by atoms with van der Waals surface area (Å²) in [6.07, 6.45) is 0.653. The number of hydrogen-bond donors (Lipinski definition) is 2. The Morgan fingerprint density at radius 3 is 2.91 bits per heavy atom. The summed E-state index contributed by atoms with van der Waals surface area (Å²) < 4.78 is 0. The predicted molar refractivity (Wildman–Crippen MR) is 47.7 cm³/mol. The van der Waals surface area contributed by atoms with E-state index in [2.05, 4.69) is 11.4 Å². The average molecular weight is 171 g/mol. The van der Waals surface area contributed by atoms with E-state index in [-0.39, 0.29) is 12.6 Å². The first kappa shape index (κ1) is 8.71. The Labute approximate surface area is 70.7 Å². The van der Waals surface area contributed by atoms with Gasteiger partial charge in [0.05, 0.1) is 0 Å². The topological polar surface area (TPSA) is 46.2 Å². The molecule has 2 nitrogen and oxygen atoms in total. The number of aryl methyl sites for hydroxylation is 1. The van der Waals surface area contributed by atoms with E-state index in [9.17, 15) is 0 Å². The van der Waals surface area contributed by atoms with E-state index in [0.717, 1.165) is 4.88 Å². The maximum atomic E-state index is 8.63. The monoisotopic (exact) mass is 171 g/mol. The minimum absolute atomic E-state index is 0.0127. The third-order valence-electron chi connectivity index (χ3n) is 1.56. The summed E-state index contributed by atoms with van der Waals surface area (Å²) in [5.74, 6) is 0. The molecular weight excluding hydrogens is 158 g/mol. The van der Waals surface area contributed by atoms with Crippen molar-refractivity contribution in [1.29, 1.82) is 0 Å². The SMILES string of the molecule is Cc1csc([C@@H](N)CCO)c1. The van der Waals surface area contributed by atoms with Crippen molar-refractivity contribution >= 4 is 11.3 Å². The maximum absolute atomic E-state index is 8.63. The first-order valence-corrected chi connectivity index (χ1v) is 4.53. The van der Waals surface area contributed by atoms with Gasteiger partial charge in [0.1, 0.15) is 0 Å². The predicted octanol–water partition coefficient (Wildman–Crippen LogP) is 1.44. The highest BCUT2D eigenvalue weighted by Crippen LogP contribution is 2.21. The van der Waals surface area contributed by atoms with Gasteiger partial charge >= 0.3 is 0 Å².